The van der Waals surface area contributed by atoms with Gasteiger partial charge in [0.25, 0.3) is 5.91 Å². The van der Waals surface area contributed by atoms with Gasteiger partial charge >= 0.3 is 5.97 Å². The number of rotatable bonds is 10. The average molecular weight is 471 g/mol. The molecule has 0 saturated heterocycles. The molecule has 0 aliphatic heterocycles. The molecule has 0 atom stereocenters. The number of aromatic carboxylic acids is 1. The molecule has 35 heavy (non-hydrogen) atoms. The lowest BCUT2D eigenvalue weighted by molar-refractivity contribution is 0.0696. The van der Waals surface area contributed by atoms with Gasteiger partial charge in [-0.3, -0.25) is 4.79 Å². The molecule has 1 heterocycles. The van der Waals surface area contributed by atoms with Crippen LogP contribution in [-0.4, -0.2) is 33.3 Å². The van der Waals surface area contributed by atoms with E-state index in [4.69, 9.17) is 0 Å². The van der Waals surface area contributed by atoms with Crippen molar-refractivity contribution >= 4 is 34.2 Å². The first kappa shape index (κ1) is 24.0. The van der Waals surface area contributed by atoms with Crippen molar-refractivity contribution in [2.75, 3.05) is 17.2 Å². The first-order chi connectivity index (χ1) is 16.9. The molecular formula is C28H30N4O3. The van der Waals surface area contributed by atoms with Crippen molar-refractivity contribution < 1.29 is 14.7 Å². The van der Waals surface area contributed by atoms with Gasteiger partial charge in [0.1, 0.15) is 0 Å². The number of carboxylic acid groups (broad SMARTS) is 1. The van der Waals surface area contributed by atoms with Crippen LogP contribution in [0.5, 0.6) is 0 Å². The lowest BCUT2D eigenvalue weighted by Crippen LogP contribution is -2.16. The van der Waals surface area contributed by atoms with Crippen LogP contribution in [0, 0.1) is 6.92 Å². The lowest BCUT2D eigenvalue weighted by Gasteiger charge is -2.14. The quantitative estimate of drug-likeness (QED) is 0.237. The number of nitrogens with one attached hydrogen (secondary N) is 2. The Morgan fingerprint density at radius 1 is 0.971 bits per heavy atom. The zero-order valence-electron chi connectivity index (χ0n) is 20.0. The minimum atomic E-state index is -0.995. The smallest absolute Gasteiger partial charge is 0.335 e. The minimum Gasteiger partial charge on any atom is -0.478 e. The summed E-state index contributed by atoms with van der Waals surface area (Å²) >= 11 is 0. The number of carbonyl (C=O) groups excluding carboxylic acids is 1. The number of fused-ring (bicyclic) bond motifs is 1. The summed E-state index contributed by atoms with van der Waals surface area (Å²) < 4.78 is 1.67. The van der Waals surface area contributed by atoms with Crippen LogP contribution in [0.3, 0.4) is 0 Å². The van der Waals surface area contributed by atoms with E-state index in [1.54, 1.807) is 22.9 Å². The summed E-state index contributed by atoms with van der Waals surface area (Å²) in [6.07, 6.45) is 6.37. The molecule has 0 saturated carbocycles. The molecule has 4 aromatic rings. The number of amides is 1. The topological polar surface area (TPSA) is 96.2 Å². The van der Waals surface area contributed by atoms with E-state index in [0.717, 1.165) is 41.7 Å². The Labute approximate surface area is 204 Å². The predicted molar refractivity (Wildman–Crippen MR) is 140 cm³/mol. The van der Waals surface area contributed by atoms with Gasteiger partial charge in [0.2, 0.25) is 0 Å². The van der Waals surface area contributed by atoms with Gasteiger partial charge in [-0.15, -0.1) is 0 Å². The van der Waals surface area contributed by atoms with Gasteiger partial charge in [-0.1, -0.05) is 49.9 Å². The number of carboxylic acids is 1. The maximum atomic E-state index is 13.3. The highest BCUT2D eigenvalue weighted by Gasteiger charge is 2.15. The minimum absolute atomic E-state index is 0.184. The molecule has 1 aromatic heterocycles. The van der Waals surface area contributed by atoms with Gasteiger partial charge in [-0.25, -0.2) is 9.48 Å². The Balaban J connectivity index is 1.64. The molecule has 0 spiro atoms. The number of unbranched alkanes of at least 4 members (excludes halogenated alkanes) is 3. The molecular weight excluding hydrogens is 440 g/mol. The third kappa shape index (κ3) is 5.87. The second-order valence-electron chi connectivity index (χ2n) is 8.69. The average Bonchev–Trinajstić information content (AvgIpc) is 3.29. The van der Waals surface area contributed by atoms with E-state index in [0.29, 0.717) is 16.8 Å². The standard InChI is InChI=1S/C28H30N4O3/c1-3-4-5-6-15-29-25-14-13-23(17-24(25)27(33)30-22-11-7-19(2)8-12-22)32-18-21-10-9-20(28(34)35)16-26(21)31-32/h7-14,16-18,29H,3-6,15H2,1-2H3,(H,30,33)(H,34,35). The zero-order valence-corrected chi connectivity index (χ0v) is 20.0. The van der Waals surface area contributed by atoms with E-state index in [1.807, 2.05) is 55.6 Å². The summed E-state index contributed by atoms with van der Waals surface area (Å²) in [5.41, 5.74) is 4.60. The molecule has 0 aliphatic carbocycles. The number of aromatic nitrogens is 2. The van der Waals surface area contributed by atoms with Crippen LogP contribution >= 0.6 is 0 Å². The number of carbonyl (C=O) groups is 2. The number of aryl methyl sites for hydroxylation is 1. The Morgan fingerprint density at radius 2 is 1.77 bits per heavy atom. The lowest BCUT2D eigenvalue weighted by atomic mass is 10.1. The summed E-state index contributed by atoms with van der Waals surface area (Å²) in [5.74, 6) is -1.21. The van der Waals surface area contributed by atoms with Crippen molar-refractivity contribution in [1.29, 1.82) is 0 Å². The molecule has 0 fully saturated rings. The largest absolute Gasteiger partial charge is 0.478 e. The fourth-order valence-electron chi connectivity index (χ4n) is 3.91. The van der Waals surface area contributed by atoms with Crippen LogP contribution in [0.1, 0.15) is 58.9 Å². The van der Waals surface area contributed by atoms with Crippen molar-refractivity contribution in [3.05, 3.63) is 83.6 Å². The maximum absolute atomic E-state index is 13.3. The highest BCUT2D eigenvalue weighted by molar-refractivity contribution is 6.08. The van der Waals surface area contributed by atoms with Crippen LogP contribution < -0.4 is 10.6 Å². The number of benzene rings is 3. The van der Waals surface area contributed by atoms with Gasteiger partial charge in [-0.2, -0.15) is 5.10 Å². The maximum Gasteiger partial charge on any atom is 0.335 e. The normalized spacial score (nSPS) is 10.9. The van der Waals surface area contributed by atoms with Crippen molar-refractivity contribution in [2.24, 2.45) is 0 Å². The van der Waals surface area contributed by atoms with Gasteiger partial charge in [0.05, 0.1) is 22.3 Å². The van der Waals surface area contributed by atoms with E-state index >= 15 is 0 Å². The van der Waals surface area contributed by atoms with Crippen LogP contribution in [0.25, 0.3) is 16.6 Å². The molecule has 4 rings (SSSR count). The Hall–Kier alpha value is -4.13. The van der Waals surface area contributed by atoms with Crippen LogP contribution in [-0.2, 0) is 0 Å². The molecule has 1 amide bonds. The molecule has 0 radical (unpaired) electrons. The number of anilines is 2. The summed E-state index contributed by atoms with van der Waals surface area (Å²) in [6, 6.07) is 18.1. The zero-order chi connectivity index (χ0) is 24.8. The molecule has 180 valence electrons. The highest BCUT2D eigenvalue weighted by atomic mass is 16.4. The number of hydrogen-bond acceptors (Lipinski definition) is 4. The molecule has 0 aliphatic rings. The summed E-state index contributed by atoms with van der Waals surface area (Å²) in [6.45, 7) is 4.97. The first-order valence-electron chi connectivity index (χ1n) is 11.9. The molecule has 0 unspecified atom stereocenters. The fourth-order valence-corrected chi connectivity index (χ4v) is 3.91. The Bertz CT molecular complexity index is 1340. The van der Waals surface area contributed by atoms with Gasteiger partial charge in [-0.05, 0) is 55.8 Å². The molecule has 7 heteroatoms. The van der Waals surface area contributed by atoms with Gasteiger partial charge in [0, 0.05) is 29.5 Å². The van der Waals surface area contributed by atoms with Crippen molar-refractivity contribution in [3.63, 3.8) is 0 Å². The van der Waals surface area contributed by atoms with E-state index in [-0.39, 0.29) is 11.5 Å². The second kappa shape index (κ2) is 10.9. The molecule has 7 nitrogen and oxygen atoms in total. The van der Waals surface area contributed by atoms with Crippen molar-refractivity contribution in [2.45, 2.75) is 39.5 Å². The summed E-state index contributed by atoms with van der Waals surface area (Å²) in [7, 11) is 0. The van der Waals surface area contributed by atoms with Crippen LogP contribution in [0.4, 0.5) is 11.4 Å². The van der Waals surface area contributed by atoms with Crippen molar-refractivity contribution in [3.8, 4) is 5.69 Å². The third-order valence-electron chi connectivity index (χ3n) is 5.92. The predicted octanol–water partition coefficient (Wildman–Crippen LogP) is 6.28. The van der Waals surface area contributed by atoms with Crippen LogP contribution in [0.2, 0.25) is 0 Å². The fraction of sp³-hybridized carbons (Fsp3) is 0.250. The van der Waals surface area contributed by atoms with E-state index in [2.05, 4.69) is 22.7 Å². The molecule has 3 aromatic carbocycles. The number of hydrogen-bond donors (Lipinski definition) is 3. The summed E-state index contributed by atoms with van der Waals surface area (Å²) in [4.78, 5) is 24.6. The van der Waals surface area contributed by atoms with E-state index in [9.17, 15) is 14.7 Å². The third-order valence-corrected chi connectivity index (χ3v) is 5.92. The van der Waals surface area contributed by atoms with Gasteiger partial charge < -0.3 is 15.7 Å². The van der Waals surface area contributed by atoms with E-state index < -0.39 is 5.97 Å². The summed E-state index contributed by atoms with van der Waals surface area (Å²) in [5, 5.41) is 21.0. The van der Waals surface area contributed by atoms with E-state index in [1.165, 1.54) is 12.8 Å². The number of nitrogens with zero attached hydrogens (tertiary/aromatic N) is 2. The van der Waals surface area contributed by atoms with Crippen LogP contribution in [0.15, 0.2) is 66.9 Å². The van der Waals surface area contributed by atoms with Gasteiger partial charge in [0.15, 0.2) is 0 Å². The molecule has 0 bridgehead atoms. The first-order valence-corrected chi connectivity index (χ1v) is 11.9. The highest BCUT2D eigenvalue weighted by Crippen LogP contribution is 2.24. The Morgan fingerprint density at radius 3 is 2.51 bits per heavy atom. The Kier molecular flexibility index (Phi) is 7.45. The molecule has 3 N–H and O–H groups in total. The SMILES string of the molecule is CCCCCCNc1ccc(-n2cc3ccc(C(=O)O)cc3n2)cc1C(=O)Nc1ccc(C)cc1. The monoisotopic (exact) mass is 470 g/mol. The second-order valence-corrected chi connectivity index (χ2v) is 8.69. The van der Waals surface area contributed by atoms with Crippen molar-refractivity contribution in [1.82, 2.24) is 9.78 Å².